The first-order chi connectivity index (χ1) is 5.24. The lowest BCUT2D eigenvalue weighted by Gasteiger charge is -2.10. The second-order valence-corrected chi connectivity index (χ2v) is 2.58. The minimum absolute atomic E-state index is 0.0563. The lowest BCUT2D eigenvalue weighted by atomic mass is 9.91. The van der Waals surface area contributed by atoms with Crippen LogP contribution in [-0.2, 0) is 0 Å². The fraction of sp³-hybridized carbons (Fsp3) is 0.286. The molecule has 0 spiro atoms. The second kappa shape index (κ2) is 3.39. The highest BCUT2D eigenvalue weighted by atomic mass is 16.2. The maximum atomic E-state index is 8.71. The number of anilines is 1. The standard InChI is InChI=1S/C7H11BN2O/c1-10(2)7-4-3-6(8-11)5-9-7/h3-5,8,11H,1-2H3. The fourth-order valence-corrected chi connectivity index (χ4v) is 0.775. The molecule has 0 saturated carbocycles. The van der Waals surface area contributed by atoms with Gasteiger partial charge in [0.05, 0.1) is 0 Å². The van der Waals surface area contributed by atoms with Gasteiger partial charge in [0.15, 0.2) is 0 Å². The Hall–Kier alpha value is -1.03. The summed E-state index contributed by atoms with van der Waals surface area (Å²) in [6, 6.07) is 3.74. The van der Waals surface area contributed by atoms with E-state index in [0.717, 1.165) is 11.3 Å². The fourth-order valence-electron chi connectivity index (χ4n) is 0.775. The summed E-state index contributed by atoms with van der Waals surface area (Å²) in [5, 5.41) is 8.71. The molecule has 1 heterocycles. The molecule has 0 aliphatic heterocycles. The molecule has 1 aromatic rings. The van der Waals surface area contributed by atoms with E-state index in [-0.39, 0.29) is 7.48 Å². The average Bonchev–Trinajstić information content (AvgIpc) is 2.05. The van der Waals surface area contributed by atoms with Crippen LogP contribution in [0.3, 0.4) is 0 Å². The lowest BCUT2D eigenvalue weighted by Crippen LogP contribution is -2.17. The molecule has 0 radical (unpaired) electrons. The van der Waals surface area contributed by atoms with E-state index in [9.17, 15) is 0 Å². The van der Waals surface area contributed by atoms with E-state index in [1.54, 1.807) is 6.20 Å². The molecule has 11 heavy (non-hydrogen) atoms. The van der Waals surface area contributed by atoms with Gasteiger partial charge in [0.1, 0.15) is 5.82 Å². The molecule has 0 aliphatic carbocycles. The third kappa shape index (κ3) is 1.95. The Morgan fingerprint density at radius 2 is 2.18 bits per heavy atom. The highest BCUT2D eigenvalue weighted by Gasteiger charge is 1.96. The number of nitrogens with zero attached hydrogens (tertiary/aromatic N) is 2. The molecule has 1 N–H and O–H groups in total. The minimum Gasteiger partial charge on any atom is -0.449 e. The topological polar surface area (TPSA) is 36.4 Å². The first-order valence-corrected chi connectivity index (χ1v) is 3.47. The molecule has 0 fully saturated rings. The summed E-state index contributed by atoms with van der Waals surface area (Å²) >= 11 is 0. The van der Waals surface area contributed by atoms with Crippen molar-refractivity contribution in [3.05, 3.63) is 18.3 Å². The van der Waals surface area contributed by atoms with Crippen molar-refractivity contribution in [3.8, 4) is 0 Å². The molecule has 0 saturated heterocycles. The molecule has 0 amide bonds. The minimum atomic E-state index is 0.0563. The van der Waals surface area contributed by atoms with Crippen LogP contribution in [0.2, 0.25) is 0 Å². The predicted molar refractivity (Wildman–Crippen MR) is 47.6 cm³/mol. The van der Waals surface area contributed by atoms with Crippen LogP contribution in [0, 0.1) is 0 Å². The van der Waals surface area contributed by atoms with Crippen LogP contribution in [0.15, 0.2) is 18.3 Å². The van der Waals surface area contributed by atoms with Crippen LogP contribution in [0.4, 0.5) is 5.82 Å². The van der Waals surface area contributed by atoms with Crippen LogP contribution in [0.1, 0.15) is 0 Å². The Morgan fingerprint density at radius 3 is 2.55 bits per heavy atom. The SMILES string of the molecule is CN(C)c1ccc(BO)cn1. The van der Waals surface area contributed by atoms with Gasteiger partial charge >= 0.3 is 7.48 Å². The van der Waals surface area contributed by atoms with Gasteiger partial charge in [-0.2, -0.15) is 0 Å². The molecule has 1 aromatic heterocycles. The van der Waals surface area contributed by atoms with Gasteiger partial charge in [-0.3, -0.25) is 0 Å². The van der Waals surface area contributed by atoms with E-state index in [0.29, 0.717) is 0 Å². The van der Waals surface area contributed by atoms with E-state index in [1.807, 2.05) is 31.1 Å². The van der Waals surface area contributed by atoms with Crippen molar-refractivity contribution in [1.29, 1.82) is 0 Å². The number of pyridine rings is 1. The van der Waals surface area contributed by atoms with Gasteiger partial charge in [0.25, 0.3) is 0 Å². The maximum Gasteiger partial charge on any atom is 0.306 e. The van der Waals surface area contributed by atoms with Crippen molar-refractivity contribution in [1.82, 2.24) is 4.98 Å². The van der Waals surface area contributed by atoms with Gasteiger partial charge in [0.2, 0.25) is 0 Å². The summed E-state index contributed by atoms with van der Waals surface area (Å²) in [5.41, 5.74) is 0.843. The summed E-state index contributed by atoms with van der Waals surface area (Å²) in [6.07, 6.45) is 1.68. The molecule has 0 unspecified atom stereocenters. The Bertz CT molecular complexity index is 222. The Kier molecular flexibility index (Phi) is 2.49. The normalized spacial score (nSPS) is 9.36. The summed E-state index contributed by atoms with van der Waals surface area (Å²) < 4.78 is 0. The maximum absolute atomic E-state index is 8.71. The molecule has 0 bridgehead atoms. The quantitative estimate of drug-likeness (QED) is 0.556. The number of rotatable bonds is 2. The van der Waals surface area contributed by atoms with Gasteiger partial charge in [-0.05, 0) is 11.5 Å². The highest BCUT2D eigenvalue weighted by molar-refractivity contribution is 6.45. The number of hydrogen-bond donors (Lipinski definition) is 1. The smallest absolute Gasteiger partial charge is 0.306 e. The van der Waals surface area contributed by atoms with Gasteiger partial charge in [-0.25, -0.2) is 4.98 Å². The van der Waals surface area contributed by atoms with Gasteiger partial charge in [-0.1, -0.05) is 6.07 Å². The van der Waals surface area contributed by atoms with Crippen LogP contribution in [0.25, 0.3) is 0 Å². The van der Waals surface area contributed by atoms with Gasteiger partial charge in [0, 0.05) is 20.3 Å². The molecule has 0 aliphatic rings. The van der Waals surface area contributed by atoms with E-state index in [4.69, 9.17) is 5.02 Å². The molecule has 1 rings (SSSR count). The number of hydrogen-bond acceptors (Lipinski definition) is 3. The molecule has 3 nitrogen and oxygen atoms in total. The zero-order valence-electron chi connectivity index (χ0n) is 6.78. The number of aromatic nitrogens is 1. The molecule has 4 heteroatoms. The van der Waals surface area contributed by atoms with Crippen LogP contribution >= 0.6 is 0 Å². The van der Waals surface area contributed by atoms with Gasteiger partial charge < -0.3 is 9.92 Å². The molecular formula is C7H11BN2O. The van der Waals surface area contributed by atoms with E-state index < -0.39 is 0 Å². The Labute approximate surface area is 67.0 Å². The van der Waals surface area contributed by atoms with E-state index in [1.165, 1.54) is 0 Å². The van der Waals surface area contributed by atoms with Crippen molar-refractivity contribution >= 4 is 18.8 Å². The summed E-state index contributed by atoms with van der Waals surface area (Å²) in [6.45, 7) is 0. The zero-order chi connectivity index (χ0) is 8.27. The highest BCUT2D eigenvalue weighted by Crippen LogP contribution is 2.01. The van der Waals surface area contributed by atoms with Crippen molar-refractivity contribution in [2.75, 3.05) is 19.0 Å². The summed E-state index contributed by atoms with van der Waals surface area (Å²) in [5.74, 6) is 0.905. The molecule has 58 valence electrons. The predicted octanol–water partition coefficient (Wildman–Crippen LogP) is -0.883. The monoisotopic (exact) mass is 150 g/mol. The third-order valence-electron chi connectivity index (χ3n) is 1.45. The summed E-state index contributed by atoms with van der Waals surface area (Å²) in [7, 11) is 3.92. The van der Waals surface area contributed by atoms with Crippen molar-refractivity contribution < 1.29 is 5.02 Å². The third-order valence-corrected chi connectivity index (χ3v) is 1.45. The average molecular weight is 150 g/mol. The largest absolute Gasteiger partial charge is 0.449 e. The second-order valence-electron chi connectivity index (χ2n) is 2.58. The first-order valence-electron chi connectivity index (χ1n) is 3.47. The van der Waals surface area contributed by atoms with Crippen molar-refractivity contribution in [3.63, 3.8) is 0 Å². The first kappa shape index (κ1) is 8.08. The van der Waals surface area contributed by atoms with Gasteiger partial charge in [-0.15, -0.1) is 0 Å². The Morgan fingerprint density at radius 1 is 1.45 bits per heavy atom. The van der Waals surface area contributed by atoms with E-state index >= 15 is 0 Å². The van der Waals surface area contributed by atoms with Crippen molar-refractivity contribution in [2.45, 2.75) is 0 Å². The lowest BCUT2D eigenvalue weighted by molar-refractivity contribution is 0.615. The van der Waals surface area contributed by atoms with Crippen LogP contribution in [0.5, 0.6) is 0 Å². The molecular weight excluding hydrogens is 139 g/mol. The van der Waals surface area contributed by atoms with Crippen molar-refractivity contribution in [2.24, 2.45) is 0 Å². The van der Waals surface area contributed by atoms with E-state index in [2.05, 4.69) is 4.98 Å². The Balaban J connectivity index is 2.83. The molecule has 0 atom stereocenters. The van der Waals surface area contributed by atoms with Crippen LogP contribution in [-0.4, -0.2) is 31.6 Å². The molecule has 0 aromatic carbocycles. The zero-order valence-corrected chi connectivity index (χ0v) is 6.78. The van der Waals surface area contributed by atoms with Crippen LogP contribution < -0.4 is 10.4 Å². The summed E-state index contributed by atoms with van der Waals surface area (Å²) in [4.78, 5) is 6.03.